The van der Waals surface area contributed by atoms with Crippen LogP contribution in [0.15, 0.2) is 18.2 Å². The Morgan fingerprint density at radius 1 is 1.17 bits per heavy atom. The van der Waals surface area contributed by atoms with Gasteiger partial charge in [0.25, 0.3) is 0 Å². The van der Waals surface area contributed by atoms with Crippen molar-refractivity contribution in [1.29, 1.82) is 0 Å². The fourth-order valence-electron chi connectivity index (χ4n) is 2.95. The largest absolute Gasteiger partial charge is 0.346 e. The predicted octanol–water partition coefficient (Wildman–Crippen LogP) is 3.05. The molecule has 2 N–H and O–H groups in total. The van der Waals surface area contributed by atoms with Crippen molar-refractivity contribution in [1.82, 2.24) is 15.2 Å². The summed E-state index contributed by atoms with van der Waals surface area (Å²) in [6, 6.07) is 6.20. The van der Waals surface area contributed by atoms with Gasteiger partial charge >= 0.3 is 0 Å². The summed E-state index contributed by atoms with van der Waals surface area (Å²) in [6.07, 6.45) is 3.02. The van der Waals surface area contributed by atoms with E-state index in [0.717, 1.165) is 41.9 Å². The first-order chi connectivity index (χ1) is 11.6. The van der Waals surface area contributed by atoms with E-state index in [-0.39, 0.29) is 11.9 Å². The number of carbonyl (C=O) groups excluding carboxylic acids is 1. The molecule has 1 aromatic heterocycles. The number of aryl methyl sites for hydroxylation is 3. The number of nitrogens with one attached hydrogen (secondary N) is 2. The van der Waals surface area contributed by atoms with Gasteiger partial charge in [-0.25, -0.2) is 4.98 Å². The van der Waals surface area contributed by atoms with Crippen molar-refractivity contribution in [3.05, 3.63) is 40.7 Å². The molecule has 0 saturated carbocycles. The lowest BCUT2D eigenvalue weighted by molar-refractivity contribution is -0.116. The minimum absolute atomic E-state index is 0.0620. The Balaban J connectivity index is 1.78. The number of hydrogen-bond donors (Lipinski definition) is 2. The zero-order valence-electron chi connectivity index (χ0n) is 14.4. The normalized spacial score (nSPS) is 14.7. The molecule has 6 nitrogen and oxygen atoms in total. The lowest BCUT2D eigenvalue weighted by atomic mass is 9.98. The first-order valence-electron chi connectivity index (χ1n) is 8.52. The molecule has 6 heteroatoms. The third-order valence-corrected chi connectivity index (χ3v) is 4.38. The molecule has 0 unspecified atom stereocenters. The molecule has 0 saturated heterocycles. The molecule has 0 bridgehead atoms. The van der Waals surface area contributed by atoms with E-state index in [2.05, 4.69) is 52.7 Å². The Hall–Kier alpha value is -2.50. The number of amides is 1. The maximum Gasteiger partial charge on any atom is 0.243 e. The van der Waals surface area contributed by atoms with Crippen molar-refractivity contribution in [2.45, 2.75) is 52.5 Å². The van der Waals surface area contributed by atoms with Crippen LogP contribution in [0.25, 0.3) is 0 Å². The third-order valence-electron chi connectivity index (χ3n) is 4.38. The van der Waals surface area contributed by atoms with Crippen LogP contribution < -0.4 is 10.6 Å². The van der Waals surface area contributed by atoms with Gasteiger partial charge in [-0.1, -0.05) is 26.0 Å². The van der Waals surface area contributed by atoms with Crippen LogP contribution in [-0.2, 0) is 24.1 Å². The van der Waals surface area contributed by atoms with E-state index in [1.165, 1.54) is 5.56 Å². The maximum absolute atomic E-state index is 11.5. The highest BCUT2D eigenvalue weighted by Gasteiger charge is 2.17. The van der Waals surface area contributed by atoms with Gasteiger partial charge in [-0.2, -0.15) is 5.10 Å². The smallest absolute Gasteiger partial charge is 0.243 e. The highest BCUT2D eigenvalue weighted by molar-refractivity contribution is 5.93. The van der Waals surface area contributed by atoms with Gasteiger partial charge < -0.3 is 10.6 Å². The van der Waals surface area contributed by atoms with Gasteiger partial charge in [-0.3, -0.25) is 4.79 Å². The summed E-state index contributed by atoms with van der Waals surface area (Å²) in [6.45, 7) is 6.21. The third kappa shape index (κ3) is 3.37. The molecule has 1 aliphatic heterocycles. The lowest BCUT2D eigenvalue weighted by Crippen LogP contribution is -2.19. The van der Waals surface area contributed by atoms with Crippen LogP contribution in [0.1, 0.15) is 55.7 Å². The molecule has 24 heavy (non-hydrogen) atoms. The van der Waals surface area contributed by atoms with E-state index in [1.54, 1.807) is 0 Å². The number of aromatic nitrogens is 3. The fraction of sp³-hybridized carbons (Fsp3) is 0.444. The summed E-state index contributed by atoms with van der Waals surface area (Å²) >= 11 is 0. The average Bonchev–Trinajstić information content (AvgIpc) is 2.61. The van der Waals surface area contributed by atoms with Gasteiger partial charge in [0.15, 0.2) is 0 Å². The monoisotopic (exact) mass is 325 g/mol. The van der Waals surface area contributed by atoms with Crippen molar-refractivity contribution in [2.75, 3.05) is 10.6 Å². The molecule has 1 atom stereocenters. The van der Waals surface area contributed by atoms with Crippen LogP contribution >= 0.6 is 0 Å². The number of anilines is 2. The average molecular weight is 325 g/mol. The predicted molar refractivity (Wildman–Crippen MR) is 94.0 cm³/mol. The SMILES string of the molecule is CCc1nnc(N[C@@H](C)c2ccc3c(c2)CCC(=O)N3)nc1CC. The molecule has 2 heterocycles. The molecule has 126 valence electrons. The van der Waals surface area contributed by atoms with E-state index in [9.17, 15) is 4.79 Å². The molecular weight excluding hydrogens is 302 g/mol. The van der Waals surface area contributed by atoms with Crippen LogP contribution in [0.2, 0.25) is 0 Å². The number of fused-ring (bicyclic) bond motifs is 1. The molecule has 1 aromatic carbocycles. The van der Waals surface area contributed by atoms with Gasteiger partial charge in [-0.05, 0) is 43.4 Å². The summed E-state index contributed by atoms with van der Waals surface area (Å²) in [4.78, 5) is 16.0. The number of carbonyl (C=O) groups is 1. The molecule has 0 fully saturated rings. The Bertz CT molecular complexity index is 759. The minimum atomic E-state index is 0.0620. The molecule has 0 aliphatic carbocycles. The zero-order valence-corrected chi connectivity index (χ0v) is 14.4. The number of benzene rings is 1. The lowest BCUT2D eigenvalue weighted by Gasteiger charge is -2.20. The highest BCUT2D eigenvalue weighted by atomic mass is 16.1. The summed E-state index contributed by atoms with van der Waals surface area (Å²) in [5.74, 6) is 0.645. The Morgan fingerprint density at radius 3 is 2.71 bits per heavy atom. The summed E-state index contributed by atoms with van der Waals surface area (Å²) in [5.41, 5.74) is 5.19. The van der Waals surface area contributed by atoms with E-state index < -0.39 is 0 Å². The molecule has 1 amide bonds. The quantitative estimate of drug-likeness (QED) is 0.883. The van der Waals surface area contributed by atoms with Gasteiger partial charge in [0.1, 0.15) is 0 Å². The van der Waals surface area contributed by atoms with Crippen molar-refractivity contribution >= 4 is 17.5 Å². The van der Waals surface area contributed by atoms with Gasteiger partial charge in [0.2, 0.25) is 11.9 Å². The van der Waals surface area contributed by atoms with Crippen LogP contribution in [-0.4, -0.2) is 21.1 Å². The van der Waals surface area contributed by atoms with E-state index >= 15 is 0 Å². The second-order valence-corrected chi connectivity index (χ2v) is 6.07. The van der Waals surface area contributed by atoms with E-state index in [0.29, 0.717) is 12.4 Å². The van der Waals surface area contributed by atoms with Crippen molar-refractivity contribution in [3.63, 3.8) is 0 Å². The minimum Gasteiger partial charge on any atom is -0.346 e. The highest BCUT2D eigenvalue weighted by Crippen LogP contribution is 2.27. The molecule has 0 spiro atoms. The number of rotatable bonds is 5. The summed E-state index contributed by atoms with van der Waals surface area (Å²) < 4.78 is 0. The van der Waals surface area contributed by atoms with E-state index in [4.69, 9.17) is 0 Å². The summed E-state index contributed by atoms with van der Waals surface area (Å²) in [7, 11) is 0. The summed E-state index contributed by atoms with van der Waals surface area (Å²) in [5, 5.41) is 14.7. The first-order valence-corrected chi connectivity index (χ1v) is 8.52. The topological polar surface area (TPSA) is 79.8 Å². The molecule has 0 radical (unpaired) electrons. The second kappa shape index (κ2) is 6.95. The second-order valence-electron chi connectivity index (χ2n) is 6.07. The number of hydrogen-bond acceptors (Lipinski definition) is 5. The van der Waals surface area contributed by atoms with Crippen LogP contribution in [0.3, 0.4) is 0 Å². The van der Waals surface area contributed by atoms with Crippen LogP contribution in [0, 0.1) is 0 Å². The number of nitrogens with zero attached hydrogens (tertiary/aromatic N) is 3. The van der Waals surface area contributed by atoms with Crippen LogP contribution in [0.5, 0.6) is 0 Å². The van der Waals surface area contributed by atoms with Crippen molar-refractivity contribution < 1.29 is 4.79 Å². The fourth-order valence-corrected chi connectivity index (χ4v) is 2.95. The zero-order chi connectivity index (χ0) is 17.1. The van der Waals surface area contributed by atoms with Gasteiger partial charge in [0.05, 0.1) is 17.4 Å². The molecule has 1 aliphatic rings. The molecule has 2 aromatic rings. The molecular formula is C18H23N5O. The van der Waals surface area contributed by atoms with Crippen LogP contribution in [0.4, 0.5) is 11.6 Å². The maximum atomic E-state index is 11.5. The Kier molecular flexibility index (Phi) is 4.74. The van der Waals surface area contributed by atoms with Gasteiger partial charge in [-0.15, -0.1) is 5.10 Å². The first kappa shape index (κ1) is 16.4. The van der Waals surface area contributed by atoms with E-state index in [1.807, 2.05) is 12.1 Å². The standard InChI is InChI=1S/C18H23N5O/c1-4-14-15(5-2)22-23-18(21-14)19-11(3)12-6-8-16-13(10-12)7-9-17(24)20-16/h6,8,10-11H,4-5,7,9H2,1-3H3,(H,20,24)(H,19,21,23)/t11-/m0/s1. The van der Waals surface area contributed by atoms with Crippen molar-refractivity contribution in [3.8, 4) is 0 Å². The van der Waals surface area contributed by atoms with Gasteiger partial charge in [0, 0.05) is 12.1 Å². The Labute approximate surface area is 142 Å². The molecule has 3 rings (SSSR count). The Morgan fingerprint density at radius 2 is 1.96 bits per heavy atom. The van der Waals surface area contributed by atoms with Crippen molar-refractivity contribution in [2.24, 2.45) is 0 Å².